The number of nitrogens with zero attached hydrogens (tertiary/aromatic N) is 1. The van der Waals surface area contributed by atoms with Crippen molar-refractivity contribution in [3.63, 3.8) is 0 Å². The Balaban J connectivity index is 1.38. The number of benzene rings is 2. The van der Waals surface area contributed by atoms with E-state index in [1.54, 1.807) is 30.3 Å². The molecule has 6 rings (SSSR count). The Labute approximate surface area is 219 Å². The summed E-state index contributed by atoms with van der Waals surface area (Å²) in [5.74, 6) is 1.63. The zero-order valence-corrected chi connectivity index (χ0v) is 21.1. The number of hydrogen-bond donors (Lipinski definition) is 1. The van der Waals surface area contributed by atoms with Crippen LogP contribution in [0.15, 0.2) is 60.0 Å². The quantitative estimate of drug-likeness (QED) is 0.501. The van der Waals surface area contributed by atoms with E-state index in [1.165, 1.54) is 22.7 Å². The van der Waals surface area contributed by atoms with Crippen LogP contribution in [-0.4, -0.2) is 37.4 Å². The van der Waals surface area contributed by atoms with Gasteiger partial charge in [-0.2, -0.15) is 0 Å². The number of anilines is 1. The Kier molecular flexibility index (Phi) is 6.61. The van der Waals surface area contributed by atoms with E-state index in [0.29, 0.717) is 28.7 Å². The standard InChI is InChI=1S/C28H28N2O6S/c31-27(29-18-7-2-1-3-8-18)26(25-11-6-14-37-25)30(19-12-13-21-23(15-19)35-17-34-21)28(32)24-16-33-20-9-4-5-10-22(20)36-24/h4-6,9-15,18,24,26H,1-3,7-8,16-17H2,(H,29,31)/t24-,26+/m1/s1. The van der Waals surface area contributed by atoms with Crippen LogP contribution in [0, 0.1) is 0 Å². The number of thiophene rings is 1. The second-order valence-corrected chi connectivity index (χ2v) is 10.4. The van der Waals surface area contributed by atoms with Gasteiger partial charge >= 0.3 is 0 Å². The number of ether oxygens (including phenoxy) is 4. The molecule has 2 aromatic carbocycles. The van der Waals surface area contributed by atoms with E-state index < -0.39 is 12.1 Å². The van der Waals surface area contributed by atoms with Gasteiger partial charge in [-0.1, -0.05) is 37.5 Å². The average Bonchev–Trinajstić information content (AvgIpc) is 3.63. The smallest absolute Gasteiger partial charge is 0.272 e. The molecule has 0 bridgehead atoms. The number of carbonyl (C=O) groups is 2. The zero-order chi connectivity index (χ0) is 25.2. The predicted octanol–water partition coefficient (Wildman–Crippen LogP) is 4.84. The van der Waals surface area contributed by atoms with Gasteiger partial charge in [-0.3, -0.25) is 14.5 Å². The minimum absolute atomic E-state index is 0.0400. The molecule has 0 unspecified atom stereocenters. The molecule has 2 atom stereocenters. The van der Waals surface area contributed by atoms with Gasteiger partial charge in [0.1, 0.15) is 12.6 Å². The third-order valence-electron chi connectivity index (χ3n) is 6.93. The number of rotatable bonds is 6. The van der Waals surface area contributed by atoms with Crippen molar-refractivity contribution in [2.45, 2.75) is 50.3 Å². The van der Waals surface area contributed by atoms with Crippen LogP contribution in [0.4, 0.5) is 5.69 Å². The first kappa shape index (κ1) is 23.7. The van der Waals surface area contributed by atoms with E-state index in [9.17, 15) is 9.59 Å². The van der Waals surface area contributed by atoms with E-state index in [-0.39, 0.29) is 31.3 Å². The molecule has 3 aliphatic rings. The molecule has 2 aliphatic heterocycles. The van der Waals surface area contributed by atoms with Gasteiger partial charge in [-0.05, 0) is 48.6 Å². The fourth-order valence-corrected chi connectivity index (χ4v) is 5.90. The minimum Gasteiger partial charge on any atom is -0.485 e. The van der Waals surface area contributed by atoms with E-state index in [2.05, 4.69) is 5.32 Å². The van der Waals surface area contributed by atoms with Gasteiger partial charge in [-0.25, -0.2) is 0 Å². The molecule has 1 N–H and O–H groups in total. The maximum absolute atomic E-state index is 14.2. The molecule has 3 heterocycles. The normalized spacial score (nSPS) is 19.2. The highest BCUT2D eigenvalue weighted by atomic mass is 32.1. The molecular formula is C28H28N2O6S. The van der Waals surface area contributed by atoms with Gasteiger partial charge in [0, 0.05) is 22.7 Å². The van der Waals surface area contributed by atoms with Crippen molar-refractivity contribution in [2.75, 3.05) is 18.3 Å². The maximum atomic E-state index is 14.2. The molecule has 1 saturated carbocycles. The first-order valence-corrected chi connectivity index (χ1v) is 13.5. The van der Waals surface area contributed by atoms with Crippen LogP contribution in [0.3, 0.4) is 0 Å². The van der Waals surface area contributed by atoms with Crippen molar-refractivity contribution in [1.82, 2.24) is 5.32 Å². The number of fused-ring (bicyclic) bond motifs is 2. The maximum Gasteiger partial charge on any atom is 0.272 e. The van der Waals surface area contributed by atoms with Gasteiger partial charge in [0.05, 0.1) is 0 Å². The molecule has 0 spiro atoms. The lowest BCUT2D eigenvalue weighted by Crippen LogP contribution is -2.52. The summed E-state index contributed by atoms with van der Waals surface area (Å²) in [5.41, 5.74) is 0.522. The molecule has 0 radical (unpaired) electrons. The number of nitrogens with one attached hydrogen (secondary N) is 1. The minimum atomic E-state index is -0.926. The summed E-state index contributed by atoms with van der Waals surface area (Å²) in [7, 11) is 0. The fourth-order valence-electron chi connectivity index (χ4n) is 5.08. The van der Waals surface area contributed by atoms with Crippen molar-refractivity contribution in [3.05, 3.63) is 64.9 Å². The lowest BCUT2D eigenvalue weighted by molar-refractivity contribution is -0.132. The molecule has 0 saturated heterocycles. The molecule has 8 nitrogen and oxygen atoms in total. The van der Waals surface area contributed by atoms with Gasteiger partial charge in [-0.15, -0.1) is 11.3 Å². The predicted molar refractivity (Wildman–Crippen MR) is 138 cm³/mol. The molecule has 192 valence electrons. The number of para-hydroxylation sites is 2. The molecule has 3 aromatic rings. The second kappa shape index (κ2) is 10.3. The monoisotopic (exact) mass is 520 g/mol. The molecule has 1 aromatic heterocycles. The second-order valence-electron chi connectivity index (χ2n) is 9.37. The first-order valence-electron chi connectivity index (χ1n) is 12.6. The van der Waals surface area contributed by atoms with E-state index in [0.717, 1.165) is 30.6 Å². The lowest BCUT2D eigenvalue weighted by atomic mass is 9.95. The highest BCUT2D eigenvalue weighted by molar-refractivity contribution is 7.10. The Morgan fingerprint density at radius 1 is 0.892 bits per heavy atom. The van der Waals surface area contributed by atoms with Crippen LogP contribution in [0.1, 0.15) is 43.0 Å². The highest BCUT2D eigenvalue weighted by Gasteiger charge is 2.40. The molecule has 1 fully saturated rings. The fraction of sp³-hybridized carbons (Fsp3) is 0.357. The van der Waals surface area contributed by atoms with Crippen LogP contribution in [0.5, 0.6) is 23.0 Å². The average molecular weight is 521 g/mol. The Morgan fingerprint density at radius 3 is 2.49 bits per heavy atom. The van der Waals surface area contributed by atoms with E-state index in [4.69, 9.17) is 18.9 Å². The molecular weight excluding hydrogens is 492 g/mol. The SMILES string of the molecule is O=C(NC1CCCCC1)[C@H](c1cccs1)N(C(=O)[C@H]1COc2ccccc2O1)c1ccc2c(c1)OCO2. The summed E-state index contributed by atoms with van der Waals surface area (Å²) in [6, 6.07) is 15.5. The number of carbonyl (C=O) groups excluding carboxylic acids is 2. The van der Waals surface area contributed by atoms with Crippen LogP contribution in [0.25, 0.3) is 0 Å². The number of amides is 2. The summed E-state index contributed by atoms with van der Waals surface area (Å²) in [6.07, 6.45) is 4.32. The summed E-state index contributed by atoms with van der Waals surface area (Å²) in [6.45, 7) is 0.151. The molecule has 1 aliphatic carbocycles. The summed E-state index contributed by atoms with van der Waals surface area (Å²) in [4.78, 5) is 30.4. The third kappa shape index (κ3) is 4.83. The van der Waals surface area contributed by atoms with E-state index >= 15 is 0 Å². The largest absolute Gasteiger partial charge is 0.485 e. The Bertz CT molecular complexity index is 1270. The van der Waals surface area contributed by atoms with Gasteiger partial charge in [0.2, 0.25) is 18.8 Å². The molecule has 37 heavy (non-hydrogen) atoms. The molecule has 2 amide bonds. The molecule has 9 heteroatoms. The topological polar surface area (TPSA) is 86.3 Å². The van der Waals surface area contributed by atoms with Crippen LogP contribution < -0.4 is 29.2 Å². The first-order chi connectivity index (χ1) is 18.2. The van der Waals surface area contributed by atoms with Crippen LogP contribution in [-0.2, 0) is 9.59 Å². The summed E-state index contributed by atoms with van der Waals surface area (Å²) < 4.78 is 23.0. The van der Waals surface area contributed by atoms with Crippen molar-refractivity contribution >= 4 is 28.8 Å². The van der Waals surface area contributed by atoms with Crippen molar-refractivity contribution < 1.29 is 28.5 Å². The highest BCUT2D eigenvalue weighted by Crippen LogP contribution is 2.40. The van der Waals surface area contributed by atoms with Crippen molar-refractivity contribution in [1.29, 1.82) is 0 Å². The lowest BCUT2D eigenvalue weighted by Gasteiger charge is -2.35. The third-order valence-corrected chi connectivity index (χ3v) is 7.85. The number of hydrogen-bond acceptors (Lipinski definition) is 7. The van der Waals surface area contributed by atoms with Crippen LogP contribution in [0.2, 0.25) is 0 Å². The summed E-state index contributed by atoms with van der Waals surface area (Å²) in [5, 5.41) is 5.14. The van der Waals surface area contributed by atoms with Gasteiger partial charge in [0.25, 0.3) is 5.91 Å². The van der Waals surface area contributed by atoms with Gasteiger partial charge in [0.15, 0.2) is 23.0 Å². The van der Waals surface area contributed by atoms with Crippen LogP contribution >= 0.6 is 11.3 Å². The van der Waals surface area contributed by atoms with Crippen molar-refractivity contribution in [2.24, 2.45) is 0 Å². The zero-order valence-electron chi connectivity index (χ0n) is 20.3. The Morgan fingerprint density at radius 2 is 1.68 bits per heavy atom. The van der Waals surface area contributed by atoms with Crippen molar-refractivity contribution in [3.8, 4) is 23.0 Å². The van der Waals surface area contributed by atoms with Gasteiger partial charge < -0.3 is 24.3 Å². The summed E-state index contributed by atoms with van der Waals surface area (Å²) >= 11 is 1.44. The van der Waals surface area contributed by atoms with E-state index in [1.807, 2.05) is 29.6 Å². The Hall–Kier alpha value is -3.72.